The lowest BCUT2D eigenvalue weighted by Crippen LogP contribution is -2.17. The molecule has 1 aromatic carbocycles. The summed E-state index contributed by atoms with van der Waals surface area (Å²) in [7, 11) is 2.10. The van der Waals surface area contributed by atoms with E-state index < -0.39 is 0 Å². The monoisotopic (exact) mass is 268 g/mol. The van der Waals surface area contributed by atoms with E-state index in [-0.39, 0.29) is 6.04 Å². The van der Waals surface area contributed by atoms with Gasteiger partial charge in [-0.15, -0.1) is 0 Å². The zero-order valence-corrected chi connectivity index (χ0v) is 11.3. The van der Waals surface area contributed by atoms with E-state index in [0.29, 0.717) is 5.82 Å². The van der Waals surface area contributed by atoms with Crippen molar-refractivity contribution in [3.63, 3.8) is 0 Å². The summed E-state index contributed by atoms with van der Waals surface area (Å²) in [6.07, 6.45) is 4.22. The Labute approximate surface area is 116 Å². The molecule has 102 valence electrons. The van der Waals surface area contributed by atoms with Gasteiger partial charge in [-0.1, -0.05) is 5.16 Å². The Morgan fingerprint density at radius 1 is 1.35 bits per heavy atom. The first-order valence-electron chi connectivity index (χ1n) is 6.92. The molecular weight excluding hydrogens is 252 g/mol. The summed E-state index contributed by atoms with van der Waals surface area (Å²) >= 11 is 0. The van der Waals surface area contributed by atoms with E-state index in [9.17, 15) is 0 Å². The number of hydrogen-bond donors (Lipinski definition) is 1. The molecule has 0 spiro atoms. The minimum Gasteiger partial charge on any atom is -0.361 e. The van der Waals surface area contributed by atoms with Crippen LogP contribution in [-0.4, -0.2) is 33.6 Å². The number of rotatable bonds is 2. The summed E-state index contributed by atoms with van der Waals surface area (Å²) in [6.45, 7) is 1.09. The van der Waals surface area contributed by atoms with Gasteiger partial charge in [0.25, 0.3) is 0 Å². The van der Waals surface area contributed by atoms with Gasteiger partial charge in [0.15, 0.2) is 0 Å². The fraction of sp³-hybridized carbons (Fsp3) is 0.333. The van der Waals surface area contributed by atoms with Crippen LogP contribution >= 0.6 is 0 Å². The molecule has 0 aliphatic carbocycles. The molecule has 3 aromatic rings. The molecule has 20 heavy (non-hydrogen) atoms. The Morgan fingerprint density at radius 2 is 2.30 bits per heavy atom. The van der Waals surface area contributed by atoms with Crippen LogP contribution in [0.4, 0.5) is 0 Å². The first kappa shape index (κ1) is 11.7. The number of fused-ring (bicyclic) bond motifs is 1. The number of hydrogen-bond acceptors (Lipinski definition) is 4. The quantitative estimate of drug-likeness (QED) is 0.776. The molecule has 1 N–H and O–H groups in total. The van der Waals surface area contributed by atoms with Crippen LogP contribution in [0.2, 0.25) is 0 Å². The molecule has 1 saturated heterocycles. The molecular formula is C15H16N4O. The molecule has 0 bridgehead atoms. The van der Waals surface area contributed by atoms with Crippen molar-refractivity contribution >= 4 is 10.9 Å². The lowest BCUT2D eigenvalue weighted by molar-refractivity contribution is 0.245. The van der Waals surface area contributed by atoms with E-state index in [4.69, 9.17) is 4.52 Å². The van der Waals surface area contributed by atoms with Crippen LogP contribution in [0.5, 0.6) is 0 Å². The van der Waals surface area contributed by atoms with Gasteiger partial charge in [0.2, 0.25) is 11.7 Å². The van der Waals surface area contributed by atoms with E-state index >= 15 is 0 Å². The van der Waals surface area contributed by atoms with Gasteiger partial charge in [-0.25, -0.2) is 0 Å². The Morgan fingerprint density at radius 3 is 3.15 bits per heavy atom. The molecule has 1 fully saturated rings. The predicted molar refractivity (Wildman–Crippen MR) is 76.2 cm³/mol. The maximum atomic E-state index is 5.46. The molecule has 0 radical (unpaired) electrons. The molecule has 4 rings (SSSR count). The van der Waals surface area contributed by atoms with Gasteiger partial charge in [-0.2, -0.15) is 4.98 Å². The summed E-state index contributed by atoms with van der Waals surface area (Å²) in [4.78, 5) is 10.0. The second-order valence-electron chi connectivity index (χ2n) is 5.37. The molecule has 5 nitrogen and oxygen atoms in total. The van der Waals surface area contributed by atoms with Crippen LogP contribution in [0.3, 0.4) is 0 Å². The van der Waals surface area contributed by atoms with Crippen molar-refractivity contribution in [3.05, 3.63) is 36.4 Å². The minimum absolute atomic E-state index is 0.271. The SMILES string of the molecule is CN1CCCC1c1nc(-c2ccc3[nH]ccc3c2)no1. The van der Waals surface area contributed by atoms with Crippen LogP contribution in [0, 0.1) is 0 Å². The van der Waals surface area contributed by atoms with Crippen molar-refractivity contribution in [2.45, 2.75) is 18.9 Å². The van der Waals surface area contributed by atoms with Crippen molar-refractivity contribution < 1.29 is 4.52 Å². The van der Waals surface area contributed by atoms with E-state index in [1.54, 1.807) is 0 Å². The topological polar surface area (TPSA) is 58.0 Å². The number of likely N-dealkylation sites (tertiary alicyclic amines) is 1. The third kappa shape index (κ3) is 1.82. The Hall–Kier alpha value is -2.14. The highest BCUT2D eigenvalue weighted by Gasteiger charge is 2.27. The van der Waals surface area contributed by atoms with Gasteiger partial charge < -0.3 is 9.51 Å². The molecule has 0 amide bonds. The third-order valence-corrected chi connectivity index (χ3v) is 4.06. The number of H-pyrrole nitrogens is 1. The average molecular weight is 268 g/mol. The molecule has 1 atom stereocenters. The summed E-state index contributed by atoms with van der Waals surface area (Å²) < 4.78 is 5.46. The molecule has 1 aliphatic heterocycles. The maximum absolute atomic E-state index is 5.46. The summed E-state index contributed by atoms with van der Waals surface area (Å²) in [5, 5.41) is 5.29. The highest BCUT2D eigenvalue weighted by molar-refractivity contribution is 5.83. The molecule has 2 aromatic heterocycles. The van der Waals surface area contributed by atoms with Crippen LogP contribution in [0.15, 0.2) is 35.0 Å². The number of aromatic amines is 1. The molecule has 1 aliphatic rings. The summed E-state index contributed by atoms with van der Waals surface area (Å²) in [5.74, 6) is 1.40. The van der Waals surface area contributed by atoms with Gasteiger partial charge >= 0.3 is 0 Å². The van der Waals surface area contributed by atoms with Crippen LogP contribution < -0.4 is 0 Å². The van der Waals surface area contributed by atoms with Crippen LogP contribution in [-0.2, 0) is 0 Å². The van der Waals surface area contributed by atoms with E-state index in [1.165, 1.54) is 6.42 Å². The largest absolute Gasteiger partial charge is 0.361 e. The molecule has 5 heteroatoms. The maximum Gasteiger partial charge on any atom is 0.244 e. The number of nitrogens with zero attached hydrogens (tertiary/aromatic N) is 3. The standard InChI is InChI=1S/C15H16N4O/c1-19-8-2-3-13(19)15-17-14(18-20-15)11-4-5-12-10(9-11)6-7-16-12/h4-7,9,13,16H,2-3,8H2,1H3. The Kier molecular flexibility index (Phi) is 2.60. The summed E-state index contributed by atoms with van der Waals surface area (Å²) in [5.41, 5.74) is 2.11. The lowest BCUT2D eigenvalue weighted by atomic mass is 10.1. The fourth-order valence-corrected chi connectivity index (χ4v) is 2.90. The number of nitrogens with one attached hydrogen (secondary N) is 1. The number of benzene rings is 1. The smallest absolute Gasteiger partial charge is 0.244 e. The van der Waals surface area contributed by atoms with Crippen molar-refractivity contribution in [1.82, 2.24) is 20.0 Å². The zero-order valence-electron chi connectivity index (χ0n) is 11.3. The zero-order chi connectivity index (χ0) is 13.5. The first-order valence-corrected chi connectivity index (χ1v) is 6.92. The van der Waals surface area contributed by atoms with Crippen molar-refractivity contribution in [1.29, 1.82) is 0 Å². The molecule has 3 heterocycles. The van der Waals surface area contributed by atoms with Crippen LogP contribution in [0.1, 0.15) is 24.8 Å². The summed E-state index contributed by atoms with van der Waals surface area (Å²) in [6, 6.07) is 8.46. The van der Waals surface area contributed by atoms with E-state index in [2.05, 4.69) is 33.1 Å². The minimum atomic E-state index is 0.271. The first-order chi connectivity index (χ1) is 9.81. The fourth-order valence-electron chi connectivity index (χ4n) is 2.90. The van der Waals surface area contributed by atoms with Gasteiger partial charge in [0.1, 0.15) is 0 Å². The van der Waals surface area contributed by atoms with Crippen molar-refractivity contribution in [3.8, 4) is 11.4 Å². The third-order valence-electron chi connectivity index (χ3n) is 4.06. The van der Waals surface area contributed by atoms with Crippen LogP contribution in [0.25, 0.3) is 22.3 Å². The van der Waals surface area contributed by atoms with Gasteiger partial charge in [0.05, 0.1) is 6.04 Å². The van der Waals surface area contributed by atoms with E-state index in [1.807, 2.05) is 24.4 Å². The second-order valence-corrected chi connectivity index (χ2v) is 5.37. The Bertz CT molecular complexity index is 745. The van der Waals surface area contributed by atoms with Gasteiger partial charge in [0, 0.05) is 22.7 Å². The van der Waals surface area contributed by atoms with Gasteiger partial charge in [-0.05, 0) is 50.7 Å². The average Bonchev–Trinajstić information content (AvgIpc) is 3.17. The normalized spacial score (nSPS) is 19.9. The molecule has 0 saturated carbocycles. The van der Waals surface area contributed by atoms with E-state index in [0.717, 1.165) is 35.3 Å². The predicted octanol–water partition coefficient (Wildman–Crippen LogP) is 2.98. The van der Waals surface area contributed by atoms with Gasteiger partial charge in [-0.3, -0.25) is 4.90 Å². The molecule has 1 unspecified atom stereocenters. The highest BCUT2D eigenvalue weighted by Crippen LogP contribution is 2.30. The van der Waals surface area contributed by atoms with Crippen molar-refractivity contribution in [2.24, 2.45) is 0 Å². The Balaban J connectivity index is 1.70. The second kappa shape index (κ2) is 4.45. The lowest BCUT2D eigenvalue weighted by Gasteiger charge is -2.14. The van der Waals surface area contributed by atoms with Crippen molar-refractivity contribution in [2.75, 3.05) is 13.6 Å². The highest BCUT2D eigenvalue weighted by atomic mass is 16.5. The number of aromatic nitrogens is 3.